The third-order valence-corrected chi connectivity index (χ3v) is 4.17. The molecular formula is C10H13ClN2O4S. The van der Waals surface area contributed by atoms with Crippen LogP contribution in [0.2, 0.25) is 5.02 Å². The maximum absolute atomic E-state index is 11.8. The lowest BCUT2D eigenvalue weighted by atomic mass is 10.2. The molecule has 0 saturated heterocycles. The van der Waals surface area contributed by atoms with Crippen molar-refractivity contribution in [1.82, 2.24) is 4.72 Å². The summed E-state index contributed by atoms with van der Waals surface area (Å²) in [6.45, 7) is 3.55. The van der Waals surface area contributed by atoms with Gasteiger partial charge in [-0.15, -0.1) is 0 Å². The monoisotopic (exact) mass is 292 g/mol. The topological polar surface area (TPSA) is 89.3 Å². The second-order valence-corrected chi connectivity index (χ2v) is 5.88. The van der Waals surface area contributed by atoms with Gasteiger partial charge in [0.2, 0.25) is 10.0 Å². The van der Waals surface area contributed by atoms with Crippen molar-refractivity contribution in [1.29, 1.82) is 0 Å². The van der Waals surface area contributed by atoms with E-state index in [0.29, 0.717) is 6.42 Å². The fraction of sp³-hybridized carbons (Fsp3) is 0.400. The summed E-state index contributed by atoms with van der Waals surface area (Å²) in [6.07, 6.45) is 0.626. The van der Waals surface area contributed by atoms with Crippen molar-refractivity contribution in [3.05, 3.63) is 32.8 Å². The molecule has 0 aliphatic heterocycles. The van der Waals surface area contributed by atoms with Crippen molar-refractivity contribution in [3.63, 3.8) is 0 Å². The van der Waals surface area contributed by atoms with Crippen LogP contribution < -0.4 is 4.72 Å². The minimum Gasteiger partial charge on any atom is -0.258 e. The molecule has 0 radical (unpaired) electrons. The summed E-state index contributed by atoms with van der Waals surface area (Å²) >= 11 is 5.81. The highest BCUT2D eigenvalue weighted by Gasteiger charge is 2.21. The molecule has 1 N–H and O–H groups in total. The Kier molecular flexibility index (Phi) is 4.66. The van der Waals surface area contributed by atoms with Crippen LogP contribution in [0.1, 0.15) is 18.9 Å². The summed E-state index contributed by atoms with van der Waals surface area (Å²) in [5.74, 6) is 0. The number of nitrogens with one attached hydrogen (secondary N) is 1. The minimum atomic E-state index is -3.76. The van der Waals surface area contributed by atoms with Crippen LogP contribution in [0, 0.1) is 17.0 Å². The normalized spacial score (nSPS) is 11.5. The molecule has 1 rings (SSSR count). The number of nitrogens with zero attached hydrogens (tertiary/aromatic N) is 1. The molecule has 0 aromatic heterocycles. The molecule has 0 unspecified atom stereocenters. The molecule has 0 amide bonds. The van der Waals surface area contributed by atoms with Crippen molar-refractivity contribution in [2.45, 2.75) is 25.2 Å². The van der Waals surface area contributed by atoms with Gasteiger partial charge in [-0.05, 0) is 19.4 Å². The standard InChI is InChI=1S/C10H13ClN2O4S/c1-3-4-12-18(16,17)8-5-9(11)7(2)10(6-8)13(14)15/h5-6,12H,3-4H2,1-2H3. The van der Waals surface area contributed by atoms with Crippen molar-refractivity contribution in [3.8, 4) is 0 Å². The second kappa shape index (κ2) is 5.64. The van der Waals surface area contributed by atoms with E-state index < -0.39 is 14.9 Å². The Bertz CT molecular complexity index is 571. The Balaban J connectivity index is 3.31. The largest absolute Gasteiger partial charge is 0.275 e. The SMILES string of the molecule is CCCNS(=O)(=O)c1cc(Cl)c(C)c([N+](=O)[O-])c1. The molecule has 100 valence electrons. The molecule has 0 atom stereocenters. The first-order chi connectivity index (χ1) is 8.29. The Labute approximate surface area is 110 Å². The Hall–Kier alpha value is -1.18. The van der Waals surface area contributed by atoms with Gasteiger partial charge >= 0.3 is 0 Å². The molecule has 0 spiro atoms. The van der Waals surface area contributed by atoms with E-state index in [4.69, 9.17) is 11.6 Å². The van der Waals surface area contributed by atoms with Gasteiger partial charge in [0, 0.05) is 18.2 Å². The first kappa shape index (κ1) is 14.9. The van der Waals surface area contributed by atoms with Crippen LogP contribution in [0.4, 0.5) is 5.69 Å². The summed E-state index contributed by atoms with van der Waals surface area (Å²) in [4.78, 5) is 9.95. The number of rotatable bonds is 5. The lowest BCUT2D eigenvalue weighted by molar-refractivity contribution is -0.385. The zero-order valence-electron chi connectivity index (χ0n) is 9.94. The number of halogens is 1. The number of nitro benzene ring substituents is 1. The first-order valence-corrected chi connectivity index (χ1v) is 7.10. The van der Waals surface area contributed by atoms with Crippen molar-refractivity contribution >= 4 is 27.3 Å². The van der Waals surface area contributed by atoms with Gasteiger partial charge in [0.25, 0.3) is 5.69 Å². The summed E-state index contributed by atoms with van der Waals surface area (Å²) in [5, 5.41) is 10.9. The minimum absolute atomic E-state index is 0.0565. The molecule has 0 aliphatic rings. The predicted molar refractivity (Wildman–Crippen MR) is 68.3 cm³/mol. The third kappa shape index (κ3) is 3.18. The Morgan fingerprint density at radius 2 is 2.06 bits per heavy atom. The van der Waals surface area contributed by atoms with Gasteiger partial charge in [0.05, 0.1) is 14.8 Å². The average Bonchev–Trinajstić information content (AvgIpc) is 2.29. The van der Waals surface area contributed by atoms with E-state index in [9.17, 15) is 18.5 Å². The van der Waals surface area contributed by atoms with Gasteiger partial charge < -0.3 is 0 Å². The highest BCUT2D eigenvalue weighted by molar-refractivity contribution is 7.89. The molecule has 0 aliphatic carbocycles. The van der Waals surface area contributed by atoms with Gasteiger partial charge in [-0.3, -0.25) is 10.1 Å². The molecule has 0 saturated carbocycles. The zero-order valence-corrected chi connectivity index (χ0v) is 11.5. The molecule has 6 nitrogen and oxygen atoms in total. The number of hydrogen-bond acceptors (Lipinski definition) is 4. The van der Waals surface area contributed by atoms with E-state index in [1.165, 1.54) is 13.0 Å². The van der Waals surface area contributed by atoms with Crippen LogP contribution in [0.3, 0.4) is 0 Å². The highest BCUT2D eigenvalue weighted by Crippen LogP contribution is 2.29. The van der Waals surface area contributed by atoms with E-state index in [0.717, 1.165) is 6.07 Å². The summed E-state index contributed by atoms with van der Waals surface area (Å²) in [5.41, 5.74) is -0.0597. The second-order valence-electron chi connectivity index (χ2n) is 3.70. The van der Waals surface area contributed by atoms with E-state index in [1.807, 2.05) is 6.92 Å². The summed E-state index contributed by atoms with van der Waals surface area (Å²) in [7, 11) is -3.76. The smallest absolute Gasteiger partial charge is 0.258 e. The van der Waals surface area contributed by atoms with Gasteiger partial charge in [0.1, 0.15) is 0 Å². The fourth-order valence-corrected chi connectivity index (χ4v) is 2.76. The quantitative estimate of drug-likeness (QED) is 0.666. The average molecular weight is 293 g/mol. The van der Waals surface area contributed by atoms with Gasteiger partial charge in [0.15, 0.2) is 0 Å². The van der Waals surface area contributed by atoms with E-state index in [-0.39, 0.29) is 27.7 Å². The molecule has 1 aromatic rings. The molecular weight excluding hydrogens is 280 g/mol. The predicted octanol–water partition coefficient (Wildman–Crippen LogP) is 2.24. The van der Waals surface area contributed by atoms with Crippen LogP contribution in [-0.2, 0) is 10.0 Å². The molecule has 0 fully saturated rings. The van der Waals surface area contributed by atoms with Crippen molar-refractivity contribution in [2.24, 2.45) is 0 Å². The van der Waals surface area contributed by atoms with Crippen LogP contribution in [-0.4, -0.2) is 19.9 Å². The number of nitro groups is 1. The lowest BCUT2D eigenvalue weighted by Crippen LogP contribution is -2.24. The number of sulfonamides is 1. The summed E-state index contributed by atoms with van der Waals surface area (Å²) in [6, 6.07) is 2.22. The van der Waals surface area contributed by atoms with Crippen LogP contribution in [0.25, 0.3) is 0 Å². The number of benzene rings is 1. The highest BCUT2D eigenvalue weighted by atomic mass is 35.5. The Morgan fingerprint density at radius 1 is 1.44 bits per heavy atom. The molecule has 8 heteroatoms. The third-order valence-electron chi connectivity index (χ3n) is 2.34. The van der Waals surface area contributed by atoms with Gasteiger partial charge in [-0.1, -0.05) is 18.5 Å². The molecule has 0 heterocycles. The van der Waals surface area contributed by atoms with E-state index >= 15 is 0 Å². The van der Waals surface area contributed by atoms with Crippen LogP contribution in [0.5, 0.6) is 0 Å². The molecule has 18 heavy (non-hydrogen) atoms. The summed E-state index contributed by atoms with van der Waals surface area (Å²) < 4.78 is 26.0. The van der Waals surface area contributed by atoms with Crippen LogP contribution >= 0.6 is 11.6 Å². The van der Waals surface area contributed by atoms with Crippen LogP contribution in [0.15, 0.2) is 17.0 Å². The van der Waals surface area contributed by atoms with Gasteiger partial charge in [-0.2, -0.15) is 0 Å². The first-order valence-electron chi connectivity index (χ1n) is 5.23. The van der Waals surface area contributed by atoms with E-state index in [2.05, 4.69) is 4.72 Å². The zero-order chi connectivity index (χ0) is 13.9. The molecule has 0 bridgehead atoms. The number of hydrogen-bond donors (Lipinski definition) is 1. The molecule has 1 aromatic carbocycles. The van der Waals surface area contributed by atoms with E-state index in [1.54, 1.807) is 0 Å². The van der Waals surface area contributed by atoms with Crippen molar-refractivity contribution in [2.75, 3.05) is 6.54 Å². The lowest BCUT2D eigenvalue weighted by Gasteiger charge is -2.07. The fourth-order valence-electron chi connectivity index (χ4n) is 1.30. The maximum atomic E-state index is 11.8. The van der Waals surface area contributed by atoms with Crippen molar-refractivity contribution < 1.29 is 13.3 Å². The Morgan fingerprint density at radius 3 is 2.56 bits per heavy atom. The maximum Gasteiger partial charge on any atom is 0.275 e. The van der Waals surface area contributed by atoms with Gasteiger partial charge in [-0.25, -0.2) is 13.1 Å².